The molecule has 60 valence electrons. The summed E-state index contributed by atoms with van der Waals surface area (Å²) in [5.74, 6) is 0. The first-order chi connectivity index (χ1) is 5.29. The van der Waals surface area contributed by atoms with E-state index in [1.54, 1.807) is 5.57 Å². The molecule has 0 aromatic heterocycles. The van der Waals surface area contributed by atoms with Gasteiger partial charge in [-0.3, -0.25) is 0 Å². The normalized spacial score (nSPS) is 26.5. The van der Waals surface area contributed by atoms with Crippen LogP contribution in [0.25, 0.3) is 0 Å². The Morgan fingerprint density at radius 1 is 1.55 bits per heavy atom. The topological polar surface area (TPSA) is 9.23 Å². The summed E-state index contributed by atoms with van der Waals surface area (Å²) in [6.07, 6.45) is 9.00. The van der Waals surface area contributed by atoms with E-state index in [2.05, 4.69) is 25.2 Å². The quantitative estimate of drug-likeness (QED) is 0.587. The molecule has 0 amide bonds. The highest BCUT2D eigenvalue weighted by atomic mass is 16.5. The maximum absolute atomic E-state index is 5.20. The predicted octanol–water partition coefficient (Wildman–Crippen LogP) is 2.30. The summed E-state index contributed by atoms with van der Waals surface area (Å²) in [6, 6.07) is 0. The minimum Gasteiger partial charge on any atom is -0.380 e. The maximum atomic E-state index is 5.20. The SMILES string of the molecule is CC1(CC2=CC=CC2)COC1. The lowest BCUT2D eigenvalue weighted by molar-refractivity contribution is -0.100. The monoisotopic (exact) mass is 150 g/mol. The van der Waals surface area contributed by atoms with E-state index in [0.29, 0.717) is 5.41 Å². The molecule has 1 fully saturated rings. The molecule has 0 aromatic rings. The Labute approximate surface area is 67.7 Å². The molecule has 0 saturated carbocycles. The number of hydrogen-bond acceptors (Lipinski definition) is 1. The third-order valence-electron chi connectivity index (χ3n) is 2.40. The minimum absolute atomic E-state index is 0.456. The third-order valence-corrected chi connectivity index (χ3v) is 2.40. The molecule has 1 nitrogen and oxygen atoms in total. The third kappa shape index (κ3) is 1.38. The van der Waals surface area contributed by atoms with E-state index < -0.39 is 0 Å². The van der Waals surface area contributed by atoms with Crippen LogP contribution >= 0.6 is 0 Å². The van der Waals surface area contributed by atoms with Gasteiger partial charge < -0.3 is 4.74 Å². The Kier molecular flexibility index (Phi) is 1.61. The van der Waals surface area contributed by atoms with Gasteiger partial charge in [0.1, 0.15) is 0 Å². The molecular formula is C10H14O. The Hall–Kier alpha value is -0.560. The van der Waals surface area contributed by atoms with E-state index in [1.807, 2.05) is 0 Å². The molecular weight excluding hydrogens is 136 g/mol. The van der Waals surface area contributed by atoms with Crippen molar-refractivity contribution in [2.24, 2.45) is 5.41 Å². The van der Waals surface area contributed by atoms with Gasteiger partial charge in [0.2, 0.25) is 0 Å². The molecule has 1 saturated heterocycles. The zero-order chi connectivity index (χ0) is 7.73. The predicted molar refractivity (Wildman–Crippen MR) is 45.4 cm³/mol. The van der Waals surface area contributed by atoms with Gasteiger partial charge in [-0.25, -0.2) is 0 Å². The molecule has 1 aliphatic carbocycles. The second-order valence-electron chi connectivity index (χ2n) is 3.94. The summed E-state index contributed by atoms with van der Waals surface area (Å²) in [4.78, 5) is 0. The van der Waals surface area contributed by atoms with Crippen molar-refractivity contribution in [3.05, 3.63) is 23.8 Å². The van der Waals surface area contributed by atoms with Crippen molar-refractivity contribution in [2.75, 3.05) is 13.2 Å². The summed E-state index contributed by atoms with van der Waals surface area (Å²) in [5, 5.41) is 0. The van der Waals surface area contributed by atoms with Crippen LogP contribution in [-0.4, -0.2) is 13.2 Å². The van der Waals surface area contributed by atoms with Crippen LogP contribution in [0.2, 0.25) is 0 Å². The number of allylic oxidation sites excluding steroid dienone is 4. The first kappa shape index (κ1) is 7.11. The van der Waals surface area contributed by atoms with Crippen molar-refractivity contribution >= 4 is 0 Å². The summed E-state index contributed by atoms with van der Waals surface area (Å²) in [7, 11) is 0. The first-order valence-corrected chi connectivity index (χ1v) is 4.21. The van der Waals surface area contributed by atoms with Crippen molar-refractivity contribution in [1.29, 1.82) is 0 Å². The van der Waals surface area contributed by atoms with Gasteiger partial charge in [-0.1, -0.05) is 30.7 Å². The van der Waals surface area contributed by atoms with E-state index in [1.165, 1.54) is 6.42 Å². The van der Waals surface area contributed by atoms with E-state index in [4.69, 9.17) is 4.74 Å². The fourth-order valence-corrected chi connectivity index (χ4v) is 1.72. The lowest BCUT2D eigenvalue weighted by atomic mass is 9.81. The Morgan fingerprint density at radius 3 is 2.82 bits per heavy atom. The van der Waals surface area contributed by atoms with Crippen molar-refractivity contribution in [1.82, 2.24) is 0 Å². The number of ether oxygens (including phenoxy) is 1. The zero-order valence-electron chi connectivity index (χ0n) is 6.97. The molecule has 0 radical (unpaired) electrons. The Morgan fingerprint density at radius 2 is 2.36 bits per heavy atom. The van der Waals surface area contributed by atoms with Crippen LogP contribution in [0.1, 0.15) is 19.8 Å². The zero-order valence-corrected chi connectivity index (χ0v) is 6.97. The fourth-order valence-electron chi connectivity index (χ4n) is 1.72. The molecule has 2 aliphatic rings. The fraction of sp³-hybridized carbons (Fsp3) is 0.600. The summed E-state index contributed by atoms with van der Waals surface area (Å²) >= 11 is 0. The molecule has 2 rings (SSSR count). The molecule has 1 heteroatoms. The molecule has 0 bridgehead atoms. The lowest BCUT2D eigenvalue weighted by Gasteiger charge is -2.38. The molecule has 11 heavy (non-hydrogen) atoms. The van der Waals surface area contributed by atoms with Gasteiger partial charge in [0.15, 0.2) is 0 Å². The second kappa shape index (κ2) is 2.49. The highest BCUT2D eigenvalue weighted by Gasteiger charge is 2.33. The van der Waals surface area contributed by atoms with Crippen LogP contribution in [0.5, 0.6) is 0 Å². The van der Waals surface area contributed by atoms with Crippen molar-refractivity contribution in [3.63, 3.8) is 0 Å². The van der Waals surface area contributed by atoms with Crippen molar-refractivity contribution < 1.29 is 4.74 Å². The van der Waals surface area contributed by atoms with Gasteiger partial charge in [-0.05, 0) is 12.8 Å². The largest absolute Gasteiger partial charge is 0.380 e. The molecule has 0 spiro atoms. The molecule has 0 atom stereocenters. The van der Waals surface area contributed by atoms with Crippen molar-refractivity contribution in [3.8, 4) is 0 Å². The van der Waals surface area contributed by atoms with Gasteiger partial charge in [0.25, 0.3) is 0 Å². The molecule has 0 unspecified atom stereocenters. The van der Waals surface area contributed by atoms with Crippen LogP contribution in [-0.2, 0) is 4.74 Å². The van der Waals surface area contributed by atoms with E-state index in [9.17, 15) is 0 Å². The van der Waals surface area contributed by atoms with Crippen LogP contribution in [0, 0.1) is 5.41 Å². The smallest absolute Gasteiger partial charge is 0.0545 e. The van der Waals surface area contributed by atoms with E-state index in [0.717, 1.165) is 19.6 Å². The minimum atomic E-state index is 0.456. The molecule has 1 aliphatic heterocycles. The Balaban J connectivity index is 1.90. The average molecular weight is 150 g/mol. The van der Waals surface area contributed by atoms with Gasteiger partial charge in [0, 0.05) is 5.41 Å². The standard InChI is InChI=1S/C10H14O/c1-10(7-11-8-10)6-9-4-2-3-5-9/h2-4H,5-8H2,1H3. The molecule has 0 aromatic carbocycles. The average Bonchev–Trinajstić information content (AvgIpc) is 2.36. The van der Waals surface area contributed by atoms with E-state index >= 15 is 0 Å². The highest BCUT2D eigenvalue weighted by Crippen LogP contribution is 2.35. The highest BCUT2D eigenvalue weighted by molar-refractivity contribution is 5.24. The van der Waals surface area contributed by atoms with Gasteiger partial charge in [0.05, 0.1) is 13.2 Å². The maximum Gasteiger partial charge on any atom is 0.0545 e. The molecule has 0 N–H and O–H groups in total. The van der Waals surface area contributed by atoms with Crippen LogP contribution in [0.15, 0.2) is 23.8 Å². The molecule has 1 heterocycles. The van der Waals surface area contributed by atoms with Crippen LogP contribution in [0.4, 0.5) is 0 Å². The summed E-state index contributed by atoms with van der Waals surface area (Å²) in [5.41, 5.74) is 2.02. The van der Waals surface area contributed by atoms with Crippen LogP contribution < -0.4 is 0 Å². The van der Waals surface area contributed by atoms with Crippen LogP contribution in [0.3, 0.4) is 0 Å². The number of rotatable bonds is 2. The van der Waals surface area contributed by atoms with Gasteiger partial charge in [-0.2, -0.15) is 0 Å². The van der Waals surface area contributed by atoms with Gasteiger partial charge in [-0.15, -0.1) is 0 Å². The lowest BCUT2D eigenvalue weighted by Crippen LogP contribution is -2.39. The second-order valence-corrected chi connectivity index (χ2v) is 3.94. The van der Waals surface area contributed by atoms with E-state index in [-0.39, 0.29) is 0 Å². The van der Waals surface area contributed by atoms with Gasteiger partial charge >= 0.3 is 0 Å². The first-order valence-electron chi connectivity index (χ1n) is 4.21. The summed E-state index contributed by atoms with van der Waals surface area (Å²) < 4.78 is 5.20. The van der Waals surface area contributed by atoms with Crippen molar-refractivity contribution in [2.45, 2.75) is 19.8 Å². The number of hydrogen-bond donors (Lipinski definition) is 0. The summed E-state index contributed by atoms with van der Waals surface area (Å²) in [6.45, 7) is 4.20. The Bertz CT molecular complexity index is 209.